The highest BCUT2D eigenvalue weighted by atomic mass is 32.1. The Balaban J connectivity index is 2.18. The van der Waals surface area contributed by atoms with Gasteiger partial charge in [0.05, 0.1) is 17.8 Å². The van der Waals surface area contributed by atoms with Gasteiger partial charge in [-0.1, -0.05) is 6.92 Å². The maximum atomic E-state index is 5.18. The summed E-state index contributed by atoms with van der Waals surface area (Å²) in [5.41, 5.74) is 1.28. The SMILES string of the molecule is COCCNC1(c2nc(C)c(C)s2)CCC(C)CC1. The van der Waals surface area contributed by atoms with Crippen molar-refractivity contribution in [2.45, 2.75) is 52.0 Å². The van der Waals surface area contributed by atoms with Gasteiger partial charge in [0.1, 0.15) is 5.01 Å². The molecule has 0 aliphatic heterocycles. The summed E-state index contributed by atoms with van der Waals surface area (Å²) in [6.07, 6.45) is 4.98. The average molecular weight is 282 g/mol. The second kappa shape index (κ2) is 6.33. The fourth-order valence-electron chi connectivity index (χ4n) is 2.79. The number of nitrogens with zero attached hydrogens (tertiary/aromatic N) is 1. The highest BCUT2D eigenvalue weighted by molar-refractivity contribution is 7.11. The van der Waals surface area contributed by atoms with E-state index in [0.717, 1.165) is 19.1 Å². The van der Waals surface area contributed by atoms with Crippen molar-refractivity contribution in [3.05, 3.63) is 15.6 Å². The number of thiazole rings is 1. The van der Waals surface area contributed by atoms with Gasteiger partial charge in [-0.3, -0.25) is 0 Å². The Labute approximate surface area is 120 Å². The van der Waals surface area contributed by atoms with Gasteiger partial charge in [-0.15, -0.1) is 11.3 Å². The van der Waals surface area contributed by atoms with Gasteiger partial charge in [0, 0.05) is 18.5 Å². The van der Waals surface area contributed by atoms with E-state index in [2.05, 4.69) is 26.1 Å². The van der Waals surface area contributed by atoms with Crippen molar-refractivity contribution in [2.75, 3.05) is 20.3 Å². The summed E-state index contributed by atoms with van der Waals surface area (Å²) in [7, 11) is 1.76. The molecule has 0 amide bonds. The van der Waals surface area contributed by atoms with Gasteiger partial charge in [0.2, 0.25) is 0 Å². The number of aromatic nitrogens is 1. The van der Waals surface area contributed by atoms with E-state index in [4.69, 9.17) is 9.72 Å². The second-order valence-electron chi connectivity index (χ2n) is 5.84. The average Bonchev–Trinajstić information content (AvgIpc) is 2.73. The van der Waals surface area contributed by atoms with Crippen LogP contribution in [0.25, 0.3) is 0 Å². The molecule has 2 rings (SSSR count). The van der Waals surface area contributed by atoms with Crippen LogP contribution in [0.1, 0.15) is 48.2 Å². The lowest BCUT2D eigenvalue weighted by molar-refractivity contribution is 0.154. The molecule has 1 aliphatic carbocycles. The molecule has 0 saturated heterocycles. The minimum atomic E-state index is 0.0920. The number of rotatable bonds is 5. The van der Waals surface area contributed by atoms with Crippen LogP contribution < -0.4 is 5.32 Å². The number of hydrogen-bond donors (Lipinski definition) is 1. The third kappa shape index (κ3) is 3.36. The van der Waals surface area contributed by atoms with E-state index in [0.29, 0.717) is 0 Å². The Morgan fingerprint density at radius 2 is 2.05 bits per heavy atom. The zero-order valence-electron chi connectivity index (χ0n) is 12.6. The molecule has 4 heteroatoms. The van der Waals surface area contributed by atoms with Crippen LogP contribution in [0, 0.1) is 19.8 Å². The van der Waals surface area contributed by atoms with Gasteiger partial charge in [0.15, 0.2) is 0 Å². The Bertz CT molecular complexity index is 389. The summed E-state index contributed by atoms with van der Waals surface area (Å²) in [5, 5.41) is 5.02. The molecule has 0 aromatic carbocycles. The molecule has 1 N–H and O–H groups in total. The fraction of sp³-hybridized carbons (Fsp3) is 0.800. The molecule has 0 spiro atoms. The van der Waals surface area contributed by atoms with Crippen molar-refractivity contribution in [3.8, 4) is 0 Å². The highest BCUT2D eigenvalue weighted by Gasteiger charge is 2.38. The Kier molecular flexibility index (Phi) is 4.98. The number of methoxy groups -OCH3 is 1. The van der Waals surface area contributed by atoms with Crippen LogP contribution in [-0.4, -0.2) is 25.2 Å². The first-order valence-electron chi connectivity index (χ1n) is 7.26. The number of hydrogen-bond acceptors (Lipinski definition) is 4. The molecular weight excluding hydrogens is 256 g/mol. The number of ether oxygens (including phenoxy) is 1. The summed E-state index contributed by atoms with van der Waals surface area (Å²) in [6, 6.07) is 0. The monoisotopic (exact) mass is 282 g/mol. The Morgan fingerprint density at radius 1 is 1.37 bits per heavy atom. The molecule has 19 heavy (non-hydrogen) atoms. The van der Waals surface area contributed by atoms with Gasteiger partial charge in [-0.25, -0.2) is 4.98 Å². The summed E-state index contributed by atoms with van der Waals surface area (Å²) < 4.78 is 5.18. The van der Waals surface area contributed by atoms with Crippen LogP contribution in [0.15, 0.2) is 0 Å². The zero-order valence-corrected chi connectivity index (χ0v) is 13.4. The van der Waals surface area contributed by atoms with Crippen molar-refractivity contribution < 1.29 is 4.74 Å². The molecule has 0 unspecified atom stereocenters. The first kappa shape index (κ1) is 14.9. The molecule has 1 saturated carbocycles. The standard InChI is InChI=1S/C15H26N2OS/c1-11-5-7-15(8-6-11,16-9-10-18-4)14-17-12(2)13(3)19-14/h11,16H,5-10H2,1-4H3. The van der Waals surface area contributed by atoms with Gasteiger partial charge in [-0.2, -0.15) is 0 Å². The van der Waals surface area contributed by atoms with E-state index in [1.807, 2.05) is 11.3 Å². The van der Waals surface area contributed by atoms with Crippen LogP contribution in [0.5, 0.6) is 0 Å². The first-order valence-corrected chi connectivity index (χ1v) is 8.07. The van der Waals surface area contributed by atoms with E-state index >= 15 is 0 Å². The molecule has 3 nitrogen and oxygen atoms in total. The first-order chi connectivity index (χ1) is 9.07. The summed E-state index contributed by atoms with van der Waals surface area (Å²) in [4.78, 5) is 6.17. The van der Waals surface area contributed by atoms with E-state index in [9.17, 15) is 0 Å². The van der Waals surface area contributed by atoms with Crippen molar-refractivity contribution >= 4 is 11.3 Å². The smallest absolute Gasteiger partial charge is 0.113 e. The van der Waals surface area contributed by atoms with Crippen LogP contribution in [0.3, 0.4) is 0 Å². The molecule has 1 aromatic heterocycles. The zero-order chi connectivity index (χ0) is 13.9. The van der Waals surface area contributed by atoms with Gasteiger partial charge >= 0.3 is 0 Å². The maximum Gasteiger partial charge on any atom is 0.113 e. The highest BCUT2D eigenvalue weighted by Crippen LogP contribution is 2.41. The number of aryl methyl sites for hydroxylation is 2. The lowest BCUT2D eigenvalue weighted by Crippen LogP contribution is -2.46. The third-order valence-electron chi connectivity index (χ3n) is 4.34. The van der Waals surface area contributed by atoms with Gasteiger partial charge < -0.3 is 10.1 Å². The van der Waals surface area contributed by atoms with Gasteiger partial charge in [-0.05, 0) is 45.4 Å². The molecule has 0 atom stereocenters. The lowest BCUT2D eigenvalue weighted by Gasteiger charge is -2.39. The molecule has 0 bridgehead atoms. The topological polar surface area (TPSA) is 34.1 Å². The van der Waals surface area contributed by atoms with Crippen molar-refractivity contribution in [3.63, 3.8) is 0 Å². The molecule has 0 radical (unpaired) electrons. The number of nitrogens with one attached hydrogen (secondary N) is 1. The van der Waals surface area contributed by atoms with E-state index in [1.165, 1.54) is 41.3 Å². The van der Waals surface area contributed by atoms with Crippen LogP contribution in [0.2, 0.25) is 0 Å². The van der Waals surface area contributed by atoms with Crippen molar-refractivity contribution in [1.82, 2.24) is 10.3 Å². The Morgan fingerprint density at radius 3 is 2.58 bits per heavy atom. The summed E-state index contributed by atoms with van der Waals surface area (Å²) in [6.45, 7) is 8.31. The second-order valence-corrected chi connectivity index (χ2v) is 7.05. The molecule has 108 valence electrons. The van der Waals surface area contributed by atoms with Crippen molar-refractivity contribution in [2.24, 2.45) is 5.92 Å². The fourth-order valence-corrected chi connectivity index (χ4v) is 3.93. The Hall–Kier alpha value is -0.450. The maximum absolute atomic E-state index is 5.18. The van der Waals surface area contributed by atoms with Crippen molar-refractivity contribution in [1.29, 1.82) is 0 Å². The predicted molar refractivity (Wildman–Crippen MR) is 80.8 cm³/mol. The largest absolute Gasteiger partial charge is 0.383 e. The van der Waals surface area contributed by atoms with Crippen LogP contribution in [0.4, 0.5) is 0 Å². The van der Waals surface area contributed by atoms with E-state index in [1.54, 1.807) is 7.11 Å². The molecule has 1 fully saturated rings. The normalized spacial score (nSPS) is 27.7. The quantitative estimate of drug-likeness (QED) is 0.841. The third-order valence-corrected chi connectivity index (χ3v) is 5.61. The van der Waals surface area contributed by atoms with E-state index < -0.39 is 0 Å². The summed E-state index contributed by atoms with van der Waals surface area (Å²) >= 11 is 1.86. The lowest BCUT2D eigenvalue weighted by atomic mass is 9.77. The molecule has 1 aliphatic rings. The molecular formula is C15H26N2OS. The minimum absolute atomic E-state index is 0.0920. The molecule has 1 heterocycles. The minimum Gasteiger partial charge on any atom is -0.383 e. The summed E-state index contributed by atoms with van der Waals surface area (Å²) in [5.74, 6) is 0.847. The van der Waals surface area contributed by atoms with E-state index in [-0.39, 0.29) is 5.54 Å². The predicted octanol–water partition coefficient (Wildman–Crippen LogP) is 3.40. The van der Waals surface area contributed by atoms with Crippen LogP contribution in [-0.2, 0) is 10.3 Å². The van der Waals surface area contributed by atoms with Gasteiger partial charge in [0.25, 0.3) is 0 Å². The molecule has 1 aromatic rings. The van der Waals surface area contributed by atoms with Crippen LogP contribution >= 0.6 is 11.3 Å².